The van der Waals surface area contributed by atoms with Crippen molar-refractivity contribution in [1.82, 2.24) is 0 Å². The summed E-state index contributed by atoms with van der Waals surface area (Å²) in [4.78, 5) is 12.4. The van der Waals surface area contributed by atoms with Gasteiger partial charge in [-0.1, -0.05) is 29.8 Å². The number of hydrogen-bond acceptors (Lipinski definition) is 3. The summed E-state index contributed by atoms with van der Waals surface area (Å²) in [5.41, 5.74) is 2.43. The van der Waals surface area contributed by atoms with Crippen LogP contribution < -0.4 is 10.1 Å². The molecule has 2 rings (SSSR count). The lowest BCUT2D eigenvalue weighted by atomic mass is 10.1. The number of benzene rings is 2. The summed E-state index contributed by atoms with van der Waals surface area (Å²) in [6.07, 6.45) is 0. The van der Waals surface area contributed by atoms with Crippen molar-refractivity contribution in [1.29, 1.82) is 0 Å². The van der Waals surface area contributed by atoms with Gasteiger partial charge in [0.05, 0.1) is 12.2 Å². The van der Waals surface area contributed by atoms with Crippen LogP contribution in [0.2, 0.25) is 0 Å². The highest BCUT2D eigenvalue weighted by Gasteiger charge is 2.12. The molecule has 0 spiro atoms. The molecule has 0 saturated heterocycles. The predicted octanol–water partition coefficient (Wildman–Crippen LogP) is 3.66. The van der Waals surface area contributed by atoms with Gasteiger partial charge < -0.3 is 14.8 Å². The number of amides is 1. The second-order valence-electron chi connectivity index (χ2n) is 4.86. The molecule has 0 unspecified atom stereocenters. The summed E-state index contributed by atoms with van der Waals surface area (Å²) in [6.45, 7) is 5.52. The smallest absolute Gasteiger partial charge is 0.259 e. The number of para-hydroxylation sites is 1. The molecule has 0 saturated carbocycles. The van der Waals surface area contributed by atoms with Gasteiger partial charge in [0.25, 0.3) is 5.91 Å². The number of nitrogens with one attached hydrogen (secondary N) is 1. The van der Waals surface area contributed by atoms with Gasteiger partial charge in [-0.25, -0.2) is 0 Å². The number of carbonyl (C=O) groups is 1. The van der Waals surface area contributed by atoms with Gasteiger partial charge in [-0.15, -0.1) is 0 Å². The SMILES string of the molecule is CCOCCOc1ccccc1C(=O)Nc1ccc(C)cc1. The Morgan fingerprint density at radius 2 is 1.77 bits per heavy atom. The van der Waals surface area contributed by atoms with Crippen molar-refractivity contribution >= 4 is 11.6 Å². The van der Waals surface area contributed by atoms with Crippen molar-refractivity contribution in [3.63, 3.8) is 0 Å². The molecule has 0 aliphatic heterocycles. The van der Waals surface area contributed by atoms with Crippen molar-refractivity contribution in [2.75, 3.05) is 25.1 Å². The summed E-state index contributed by atoms with van der Waals surface area (Å²) in [5.74, 6) is 0.377. The molecule has 116 valence electrons. The van der Waals surface area contributed by atoms with Crippen LogP contribution in [0.25, 0.3) is 0 Å². The molecule has 0 aromatic heterocycles. The first-order chi connectivity index (χ1) is 10.7. The van der Waals surface area contributed by atoms with Crippen LogP contribution in [0.1, 0.15) is 22.8 Å². The van der Waals surface area contributed by atoms with E-state index in [0.29, 0.717) is 31.1 Å². The van der Waals surface area contributed by atoms with Crippen LogP contribution in [-0.2, 0) is 4.74 Å². The van der Waals surface area contributed by atoms with E-state index in [2.05, 4.69) is 5.32 Å². The Kier molecular flexibility index (Phi) is 5.98. The van der Waals surface area contributed by atoms with Crippen molar-refractivity contribution in [3.05, 3.63) is 59.7 Å². The maximum atomic E-state index is 12.4. The van der Waals surface area contributed by atoms with Gasteiger partial charge in [-0.05, 0) is 38.1 Å². The predicted molar refractivity (Wildman–Crippen MR) is 87.6 cm³/mol. The van der Waals surface area contributed by atoms with Crippen LogP contribution in [0.4, 0.5) is 5.69 Å². The van der Waals surface area contributed by atoms with Crippen LogP contribution in [0.3, 0.4) is 0 Å². The molecule has 4 nitrogen and oxygen atoms in total. The van der Waals surface area contributed by atoms with Crippen molar-refractivity contribution in [2.45, 2.75) is 13.8 Å². The second kappa shape index (κ2) is 8.20. The van der Waals surface area contributed by atoms with E-state index in [1.54, 1.807) is 12.1 Å². The van der Waals surface area contributed by atoms with E-state index in [0.717, 1.165) is 11.3 Å². The Bertz CT molecular complexity index is 608. The molecule has 2 aromatic rings. The number of aryl methyl sites for hydroxylation is 1. The maximum absolute atomic E-state index is 12.4. The largest absolute Gasteiger partial charge is 0.490 e. The molecule has 2 aromatic carbocycles. The van der Waals surface area contributed by atoms with Gasteiger partial charge in [0.1, 0.15) is 12.4 Å². The summed E-state index contributed by atoms with van der Waals surface area (Å²) < 4.78 is 10.9. The fourth-order valence-corrected chi connectivity index (χ4v) is 1.97. The lowest BCUT2D eigenvalue weighted by Crippen LogP contribution is -2.15. The summed E-state index contributed by atoms with van der Waals surface area (Å²) in [7, 11) is 0. The van der Waals surface area contributed by atoms with E-state index >= 15 is 0 Å². The lowest BCUT2D eigenvalue weighted by Gasteiger charge is -2.12. The van der Waals surface area contributed by atoms with Gasteiger partial charge in [-0.2, -0.15) is 0 Å². The van der Waals surface area contributed by atoms with E-state index < -0.39 is 0 Å². The Balaban J connectivity index is 2.03. The third kappa shape index (κ3) is 4.60. The summed E-state index contributed by atoms with van der Waals surface area (Å²) in [5, 5.41) is 2.88. The molecule has 0 aliphatic rings. The maximum Gasteiger partial charge on any atom is 0.259 e. The van der Waals surface area contributed by atoms with Gasteiger partial charge in [0.15, 0.2) is 0 Å². The molecule has 0 fully saturated rings. The number of ether oxygens (including phenoxy) is 2. The van der Waals surface area contributed by atoms with E-state index in [-0.39, 0.29) is 5.91 Å². The molecule has 0 atom stereocenters. The minimum Gasteiger partial charge on any atom is -0.490 e. The van der Waals surface area contributed by atoms with E-state index in [4.69, 9.17) is 9.47 Å². The standard InChI is InChI=1S/C18H21NO3/c1-3-21-12-13-22-17-7-5-4-6-16(17)18(20)19-15-10-8-14(2)9-11-15/h4-11H,3,12-13H2,1-2H3,(H,19,20). The highest BCUT2D eigenvalue weighted by Crippen LogP contribution is 2.20. The van der Waals surface area contributed by atoms with Crippen LogP contribution in [0.5, 0.6) is 5.75 Å². The Hall–Kier alpha value is -2.33. The van der Waals surface area contributed by atoms with Crippen LogP contribution in [0, 0.1) is 6.92 Å². The monoisotopic (exact) mass is 299 g/mol. The molecule has 4 heteroatoms. The number of carbonyl (C=O) groups excluding carboxylic acids is 1. The first kappa shape index (κ1) is 16.0. The average molecular weight is 299 g/mol. The quantitative estimate of drug-likeness (QED) is 0.794. The third-order valence-corrected chi connectivity index (χ3v) is 3.13. The number of hydrogen-bond donors (Lipinski definition) is 1. The zero-order chi connectivity index (χ0) is 15.8. The first-order valence-corrected chi connectivity index (χ1v) is 7.38. The van der Waals surface area contributed by atoms with Gasteiger partial charge in [0.2, 0.25) is 0 Å². The first-order valence-electron chi connectivity index (χ1n) is 7.38. The molecule has 1 amide bonds. The molecule has 0 aliphatic carbocycles. The molecule has 22 heavy (non-hydrogen) atoms. The zero-order valence-electron chi connectivity index (χ0n) is 13.0. The van der Waals surface area contributed by atoms with E-state index in [9.17, 15) is 4.79 Å². The third-order valence-electron chi connectivity index (χ3n) is 3.13. The summed E-state index contributed by atoms with van der Waals surface area (Å²) in [6, 6.07) is 14.9. The Labute approximate surface area is 131 Å². The fourth-order valence-electron chi connectivity index (χ4n) is 1.97. The Morgan fingerprint density at radius 1 is 1.05 bits per heavy atom. The lowest BCUT2D eigenvalue weighted by molar-refractivity contribution is 0.0998. The highest BCUT2D eigenvalue weighted by atomic mass is 16.5. The van der Waals surface area contributed by atoms with Gasteiger partial charge >= 0.3 is 0 Å². The average Bonchev–Trinajstić information content (AvgIpc) is 2.54. The topological polar surface area (TPSA) is 47.6 Å². The molecular weight excluding hydrogens is 278 g/mol. The van der Waals surface area contributed by atoms with E-state index in [1.165, 1.54) is 0 Å². The highest BCUT2D eigenvalue weighted by molar-refractivity contribution is 6.06. The van der Waals surface area contributed by atoms with Crippen molar-refractivity contribution < 1.29 is 14.3 Å². The molecule has 0 heterocycles. The molecule has 1 N–H and O–H groups in total. The molecule has 0 bridgehead atoms. The summed E-state index contributed by atoms with van der Waals surface area (Å²) >= 11 is 0. The second-order valence-corrected chi connectivity index (χ2v) is 4.86. The fraction of sp³-hybridized carbons (Fsp3) is 0.278. The van der Waals surface area contributed by atoms with Crippen LogP contribution >= 0.6 is 0 Å². The Morgan fingerprint density at radius 3 is 2.50 bits per heavy atom. The normalized spacial score (nSPS) is 10.3. The van der Waals surface area contributed by atoms with Gasteiger partial charge in [0, 0.05) is 12.3 Å². The van der Waals surface area contributed by atoms with Crippen LogP contribution in [-0.4, -0.2) is 25.7 Å². The zero-order valence-corrected chi connectivity index (χ0v) is 13.0. The molecule has 0 radical (unpaired) electrons. The van der Waals surface area contributed by atoms with Crippen LogP contribution in [0.15, 0.2) is 48.5 Å². The molecular formula is C18H21NO3. The van der Waals surface area contributed by atoms with Crippen molar-refractivity contribution in [2.24, 2.45) is 0 Å². The minimum absolute atomic E-state index is 0.184. The number of anilines is 1. The number of rotatable bonds is 7. The minimum atomic E-state index is -0.184. The van der Waals surface area contributed by atoms with Gasteiger partial charge in [-0.3, -0.25) is 4.79 Å². The van der Waals surface area contributed by atoms with E-state index in [1.807, 2.05) is 50.2 Å². The van der Waals surface area contributed by atoms with Crippen molar-refractivity contribution in [3.8, 4) is 5.75 Å².